The van der Waals surface area contributed by atoms with Crippen LogP contribution in [0.2, 0.25) is 4.34 Å². The van der Waals surface area contributed by atoms with E-state index in [1.165, 1.54) is 23.1 Å². The molecule has 0 aliphatic carbocycles. The minimum Gasteiger partial charge on any atom is -0.469 e. The average Bonchev–Trinajstić information content (AvgIpc) is 3.24. The maximum Gasteiger partial charge on any atom is 0.191 e. The highest BCUT2D eigenvalue weighted by molar-refractivity contribution is 7.99. The second-order valence-corrected chi connectivity index (χ2v) is 7.41. The molecule has 23 heavy (non-hydrogen) atoms. The lowest BCUT2D eigenvalue weighted by atomic mass is 10.2. The van der Waals surface area contributed by atoms with Crippen LogP contribution in [0.1, 0.15) is 22.4 Å². The molecule has 0 N–H and O–H groups in total. The summed E-state index contributed by atoms with van der Waals surface area (Å²) in [6, 6.07) is 5.36. The molecule has 0 bridgehead atoms. The molecule has 0 amide bonds. The Morgan fingerprint density at radius 3 is 2.83 bits per heavy atom. The van der Waals surface area contributed by atoms with Crippen LogP contribution < -0.4 is 0 Å². The number of carbonyl (C=O) groups is 1. The van der Waals surface area contributed by atoms with Gasteiger partial charge in [0.25, 0.3) is 0 Å². The van der Waals surface area contributed by atoms with Crippen LogP contribution in [0, 0.1) is 6.92 Å². The van der Waals surface area contributed by atoms with Gasteiger partial charge in [-0.15, -0.1) is 21.5 Å². The Labute approximate surface area is 146 Å². The molecule has 0 aliphatic heterocycles. The molecular weight excluding hydrogens is 354 g/mol. The van der Waals surface area contributed by atoms with Crippen molar-refractivity contribution in [2.24, 2.45) is 0 Å². The lowest BCUT2D eigenvalue weighted by Gasteiger charge is -2.06. The maximum atomic E-state index is 12.2. The van der Waals surface area contributed by atoms with Crippen LogP contribution in [0.25, 0.3) is 11.4 Å². The number of thiophene rings is 1. The van der Waals surface area contributed by atoms with Gasteiger partial charge in [-0.25, -0.2) is 0 Å². The molecule has 0 atom stereocenters. The topological polar surface area (TPSA) is 60.9 Å². The Morgan fingerprint density at radius 2 is 2.22 bits per heavy atom. The molecule has 0 saturated heterocycles. The molecular formula is C15H14ClN3O2S2. The van der Waals surface area contributed by atoms with Gasteiger partial charge >= 0.3 is 0 Å². The van der Waals surface area contributed by atoms with Crippen molar-refractivity contribution in [1.29, 1.82) is 0 Å². The first-order valence-corrected chi connectivity index (χ1v) is 9.17. The van der Waals surface area contributed by atoms with Gasteiger partial charge in [0.05, 0.1) is 26.8 Å². The third-order valence-corrected chi connectivity index (χ3v) is 5.55. The molecule has 3 aromatic rings. The van der Waals surface area contributed by atoms with E-state index in [-0.39, 0.29) is 5.78 Å². The summed E-state index contributed by atoms with van der Waals surface area (Å²) >= 11 is 8.54. The normalized spacial score (nSPS) is 11.1. The molecule has 0 spiro atoms. The quantitative estimate of drug-likeness (QED) is 0.472. The van der Waals surface area contributed by atoms with Crippen LogP contribution in [0.15, 0.2) is 34.0 Å². The fraction of sp³-hybridized carbons (Fsp3) is 0.267. The van der Waals surface area contributed by atoms with Crippen LogP contribution in [0.5, 0.6) is 0 Å². The SMILES string of the molecule is CCn1c(SCC(=O)c2ccc(Cl)s2)nnc1-c1ccoc1C. The summed E-state index contributed by atoms with van der Waals surface area (Å²) in [6.45, 7) is 4.63. The van der Waals surface area contributed by atoms with Gasteiger partial charge < -0.3 is 8.98 Å². The number of furan rings is 1. The fourth-order valence-corrected chi connectivity index (χ4v) is 4.12. The number of hydrogen-bond acceptors (Lipinski definition) is 6. The predicted octanol–water partition coefficient (Wildman–Crippen LogP) is 4.56. The number of rotatable bonds is 6. The van der Waals surface area contributed by atoms with E-state index >= 15 is 0 Å². The lowest BCUT2D eigenvalue weighted by molar-refractivity contribution is 0.102. The number of aryl methyl sites for hydroxylation is 1. The minimum absolute atomic E-state index is 0.0404. The number of hydrogen-bond donors (Lipinski definition) is 0. The van der Waals surface area contributed by atoms with Crippen molar-refractivity contribution < 1.29 is 9.21 Å². The van der Waals surface area contributed by atoms with E-state index in [2.05, 4.69) is 10.2 Å². The first-order valence-electron chi connectivity index (χ1n) is 6.99. The number of ketones is 1. The van der Waals surface area contributed by atoms with E-state index in [0.717, 1.165) is 22.3 Å². The van der Waals surface area contributed by atoms with E-state index in [9.17, 15) is 4.79 Å². The minimum atomic E-state index is 0.0404. The van der Waals surface area contributed by atoms with Gasteiger partial charge in [0.2, 0.25) is 0 Å². The maximum absolute atomic E-state index is 12.2. The second kappa shape index (κ2) is 6.90. The molecule has 5 nitrogen and oxygen atoms in total. The molecule has 0 saturated carbocycles. The average molecular weight is 368 g/mol. The van der Waals surface area contributed by atoms with Crippen molar-refractivity contribution in [3.63, 3.8) is 0 Å². The Balaban J connectivity index is 1.77. The Bertz CT molecular complexity index is 838. The molecule has 0 radical (unpaired) electrons. The summed E-state index contributed by atoms with van der Waals surface area (Å²) in [6.07, 6.45) is 1.64. The highest BCUT2D eigenvalue weighted by atomic mass is 35.5. The van der Waals surface area contributed by atoms with Crippen molar-refractivity contribution in [1.82, 2.24) is 14.8 Å². The van der Waals surface area contributed by atoms with Crippen molar-refractivity contribution >= 4 is 40.5 Å². The Hall–Kier alpha value is -1.57. The summed E-state index contributed by atoms with van der Waals surface area (Å²) in [7, 11) is 0. The molecule has 3 heterocycles. The number of carbonyl (C=O) groups excluding carboxylic acids is 1. The van der Waals surface area contributed by atoms with Crippen LogP contribution in [-0.4, -0.2) is 26.3 Å². The lowest BCUT2D eigenvalue weighted by Crippen LogP contribution is -2.04. The van der Waals surface area contributed by atoms with Gasteiger partial charge in [-0.3, -0.25) is 4.79 Å². The van der Waals surface area contributed by atoms with Crippen LogP contribution >= 0.6 is 34.7 Å². The largest absolute Gasteiger partial charge is 0.469 e. The fourth-order valence-electron chi connectivity index (χ4n) is 2.16. The van der Waals surface area contributed by atoms with Gasteiger partial charge in [-0.1, -0.05) is 23.4 Å². The number of halogens is 1. The van der Waals surface area contributed by atoms with Gasteiger partial charge in [0.1, 0.15) is 5.76 Å². The van der Waals surface area contributed by atoms with Crippen LogP contribution in [-0.2, 0) is 6.54 Å². The molecule has 8 heteroatoms. The van der Waals surface area contributed by atoms with Crippen LogP contribution in [0.4, 0.5) is 0 Å². The molecule has 3 aromatic heterocycles. The Morgan fingerprint density at radius 1 is 1.39 bits per heavy atom. The molecule has 0 aliphatic rings. The molecule has 3 rings (SSSR count). The summed E-state index contributed by atoms with van der Waals surface area (Å²) in [4.78, 5) is 12.8. The van der Waals surface area contributed by atoms with Crippen molar-refractivity contribution in [2.75, 3.05) is 5.75 Å². The molecule has 0 aromatic carbocycles. The highest BCUT2D eigenvalue weighted by Gasteiger charge is 2.18. The van der Waals surface area contributed by atoms with E-state index < -0.39 is 0 Å². The standard InChI is InChI=1S/C15H14ClN3O2S2/c1-3-19-14(10-6-7-21-9(10)2)17-18-15(19)22-8-11(20)12-4-5-13(16)23-12/h4-7H,3,8H2,1-2H3. The zero-order valence-corrected chi connectivity index (χ0v) is 15.0. The van der Waals surface area contributed by atoms with Gasteiger partial charge in [-0.2, -0.15) is 0 Å². The van der Waals surface area contributed by atoms with E-state index in [4.69, 9.17) is 16.0 Å². The monoisotopic (exact) mass is 367 g/mol. The number of aromatic nitrogens is 3. The first kappa shape index (κ1) is 16.3. The summed E-state index contributed by atoms with van der Waals surface area (Å²) in [5.74, 6) is 1.90. The van der Waals surface area contributed by atoms with E-state index in [1.54, 1.807) is 18.4 Å². The van der Waals surface area contributed by atoms with Gasteiger partial charge in [-0.05, 0) is 32.0 Å². The molecule has 0 unspecified atom stereocenters. The Kier molecular flexibility index (Phi) is 4.89. The highest BCUT2D eigenvalue weighted by Crippen LogP contribution is 2.28. The number of nitrogens with zero attached hydrogens (tertiary/aromatic N) is 3. The third kappa shape index (κ3) is 3.36. The van der Waals surface area contributed by atoms with Crippen LogP contribution in [0.3, 0.4) is 0 Å². The molecule has 0 fully saturated rings. The predicted molar refractivity (Wildman–Crippen MR) is 92.5 cm³/mol. The van der Waals surface area contributed by atoms with Crippen molar-refractivity contribution in [3.05, 3.63) is 39.4 Å². The van der Waals surface area contributed by atoms with Crippen molar-refractivity contribution in [2.45, 2.75) is 25.5 Å². The van der Waals surface area contributed by atoms with Gasteiger partial charge in [0.15, 0.2) is 16.8 Å². The summed E-state index contributed by atoms with van der Waals surface area (Å²) < 4.78 is 7.93. The summed E-state index contributed by atoms with van der Waals surface area (Å²) in [5, 5.41) is 9.18. The van der Waals surface area contributed by atoms with Crippen molar-refractivity contribution in [3.8, 4) is 11.4 Å². The first-order chi connectivity index (χ1) is 11.1. The number of thioether (sulfide) groups is 1. The zero-order chi connectivity index (χ0) is 16.4. The van der Waals surface area contributed by atoms with Gasteiger partial charge in [0, 0.05) is 6.54 Å². The smallest absolute Gasteiger partial charge is 0.191 e. The van der Waals surface area contributed by atoms with E-state index in [1.807, 2.05) is 24.5 Å². The van der Waals surface area contributed by atoms with E-state index in [0.29, 0.717) is 21.5 Å². The third-order valence-electron chi connectivity index (χ3n) is 3.31. The zero-order valence-electron chi connectivity index (χ0n) is 12.6. The number of Topliss-reactive ketones (excluding diaryl/α,β-unsaturated/α-hetero) is 1. The summed E-state index contributed by atoms with van der Waals surface area (Å²) in [5.41, 5.74) is 0.919. The second-order valence-electron chi connectivity index (χ2n) is 4.76. The molecule has 120 valence electrons.